The molecule has 0 amide bonds. The molecule has 8 rings (SSSR count). The highest BCUT2D eigenvalue weighted by Crippen LogP contribution is 2.48. The number of nitrogens with zero attached hydrogens (tertiary/aromatic N) is 1. The molecule has 0 saturated carbocycles. The number of hydrogen-bond acceptors (Lipinski definition) is 4. The molecule has 0 bridgehead atoms. The van der Waals surface area contributed by atoms with Gasteiger partial charge in [-0.05, 0) is 91.8 Å². The van der Waals surface area contributed by atoms with E-state index >= 15 is 0 Å². The number of benzene rings is 6. The maximum atomic E-state index is 6.44. The van der Waals surface area contributed by atoms with Crippen LogP contribution in [0.4, 0.5) is 17.1 Å². The van der Waals surface area contributed by atoms with Gasteiger partial charge in [-0.2, -0.15) is 0 Å². The first kappa shape index (κ1) is 29.7. The van der Waals surface area contributed by atoms with Gasteiger partial charge in [-0.25, -0.2) is 0 Å². The Kier molecular flexibility index (Phi) is 7.29. The van der Waals surface area contributed by atoms with Crippen molar-refractivity contribution in [3.8, 4) is 22.3 Å². The van der Waals surface area contributed by atoms with E-state index in [1.54, 1.807) is 0 Å². The van der Waals surface area contributed by atoms with Crippen LogP contribution in [-0.2, 0) is 9.31 Å². The molecule has 6 aromatic carbocycles. The summed E-state index contributed by atoms with van der Waals surface area (Å²) in [6, 6.07) is 52.1. The number of fused-ring (bicyclic) bond motifs is 3. The van der Waals surface area contributed by atoms with Crippen LogP contribution in [0, 0.1) is 0 Å². The van der Waals surface area contributed by atoms with Crippen LogP contribution in [0.3, 0.4) is 0 Å². The Labute approximate surface area is 281 Å². The molecule has 230 valence electrons. The van der Waals surface area contributed by atoms with E-state index in [9.17, 15) is 0 Å². The lowest BCUT2D eigenvalue weighted by molar-refractivity contribution is 0.00578. The van der Waals surface area contributed by atoms with Gasteiger partial charge in [0.05, 0.1) is 16.9 Å². The number of para-hydroxylation sites is 1. The third kappa shape index (κ3) is 5.25. The number of hydrogen-bond donors (Lipinski definition) is 0. The van der Waals surface area contributed by atoms with Gasteiger partial charge in [0.25, 0.3) is 0 Å². The molecule has 3 nitrogen and oxygen atoms in total. The van der Waals surface area contributed by atoms with Crippen LogP contribution in [0.15, 0.2) is 146 Å². The fourth-order valence-corrected chi connectivity index (χ4v) is 7.75. The minimum Gasteiger partial charge on any atom is -0.399 e. The van der Waals surface area contributed by atoms with E-state index in [4.69, 9.17) is 9.31 Å². The van der Waals surface area contributed by atoms with Crippen LogP contribution in [-0.4, -0.2) is 18.3 Å². The van der Waals surface area contributed by atoms with Gasteiger partial charge in [0.15, 0.2) is 0 Å². The Morgan fingerprint density at radius 3 is 1.87 bits per heavy atom. The second-order valence-corrected chi connectivity index (χ2v) is 14.3. The zero-order chi connectivity index (χ0) is 32.2. The monoisotopic (exact) mass is 629 g/mol. The van der Waals surface area contributed by atoms with Crippen molar-refractivity contribution in [2.45, 2.75) is 38.9 Å². The van der Waals surface area contributed by atoms with E-state index in [0.29, 0.717) is 0 Å². The van der Waals surface area contributed by atoms with Gasteiger partial charge in [0.2, 0.25) is 0 Å². The summed E-state index contributed by atoms with van der Waals surface area (Å²) >= 11 is 1.85. The van der Waals surface area contributed by atoms with E-state index < -0.39 is 18.3 Å². The second-order valence-electron chi connectivity index (χ2n) is 13.2. The molecule has 5 heteroatoms. The average Bonchev–Trinajstić information content (AvgIpc) is 3.59. The van der Waals surface area contributed by atoms with Crippen molar-refractivity contribution < 1.29 is 9.31 Å². The van der Waals surface area contributed by atoms with Crippen molar-refractivity contribution in [3.63, 3.8) is 0 Å². The Balaban J connectivity index is 1.29. The molecule has 0 unspecified atom stereocenters. The zero-order valence-corrected chi connectivity index (χ0v) is 27.9. The van der Waals surface area contributed by atoms with E-state index in [0.717, 1.165) is 28.1 Å². The SMILES string of the molecule is CC1(C)OB(c2cccc(-c3ccc(N(c4ccccc4)c4ccc(-c5ccccc5)cc4)c4c3sc3ccccc34)c2)OC1(C)C. The van der Waals surface area contributed by atoms with Crippen molar-refractivity contribution in [2.24, 2.45) is 0 Å². The third-order valence-electron chi connectivity index (χ3n) is 9.72. The highest BCUT2D eigenvalue weighted by molar-refractivity contribution is 7.26. The third-order valence-corrected chi connectivity index (χ3v) is 10.9. The first-order valence-electron chi connectivity index (χ1n) is 16.2. The highest BCUT2D eigenvalue weighted by atomic mass is 32.1. The molecule has 1 fully saturated rings. The molecule has 47 heavy (non-hydrogen) atoms. The second kappa shape index (κ2) is 11.5. The first-order valence-corrected chi connectivity index (χ1v) is 17.0. The largest absolute Gasteiger partial charge is 0.494 e. The maximum absolute atomic E-state index is 6.44. The molecule has 1 aliphatic heterocycles. The number of thiophene rings is 1. The molecular weight excluding hydrogens is 593 g/mol. The van der Waals surface area contributed by atoms with Gasteiger partial charge in [0, 0.05) is 31.5 Å². The quantitative estimate of drug-likeness (QED) is 0.171. The molecule has 1 aromatic heterocycles. The van der Waals surface area contributed by atoms with Crippen LogP contribution in [0.25, 0.3) is 42.4 Å². The minimum absolute atomic E-state index is 0.395. The van der Waals surface area contributed by atoms with Gasteiger partial charge >= 0.3 is 7.12 Å². The van der Waals surface area contributed by atoms with Crippen LogP contribution < -0.4 is 10.4 Å². The summed E-state index contributed by atoms with van der Waals surface area (Å²) in [4.78, 5) is 2.39. The van der Waals surface area contributed by atoms with Crippen LogP contribution >= 0.6 is 11.3 Å². The van der Waals surface area contributed by atoms with Gasteiger partial charge in [-0.1, -0.05) is 109 Å². The summed E-state index contributed by atoms with van der Waals surface area (Å²) in [7, 11) is -0.412. The standard InChI is InChI=1S/C42H36BNO2S/c1-41(2)42(3,4)46-43(45-41)32-17-13-16-31(28-32)35-26-27-37(39-36-20-11-12-21-38(36)47-40(35)39)44(33-18-9-6-10-19-33)34-24-22-30(23-25-34)29-14-7-5-8-15-29/h5-28H,1-4H3. The summed E-state index contributed by atoms with van der Waals surface area (Å²) in [6.45, 7) is 8.40. The lowest BCUT2D eigenvalue weighted by Gasteiger charge is -2.32. The van der Waals surface area contributed by atoms with Crippen molar-refractivity contribution in [1.82, 2.24) is 0 Å². The zero-order valence-electron chi connectivity index (χ0n) is 27.1. The summed E-state index contributed by atoms with van der Waals surface area (Å²) in [5, 5.41) is 2.51. The average molecular weight is 630 g/mol. The predicted octanol–water partition coefficient (Wildman–Crippen LogP) is 11.2. The highest BCUT2D eigenvalue weighted by Gasteiger charge is 2.51. The lowest BCUT2D eigenvalue weighted by atomic mass is 9.78. The van der Waals surface area contributed by atoms with Gasteiger partial charge in [-0.3, -0.25) is 0 Å². The Morgan fingerprint density at radius 1 is 0.553 bits per heavy atom. The molecular formula is C42H36BNO2S. The smallest absolute Gasteiger partial charge is 0.399 e. The summed E-state index contributed by atoms with van der Waals surface area (Å²) < 4.78 is 15.4. The maximum Gasteiger partial charge on any atom is 0.494 e. The summed E-state index contributed by atoms with van der Waals surface area (Å²) in [5.41, 5.74) is 8.40. The fourth-order valence-electron chi connectivity index (χ4n) is 6.49. The molecule has 0 spiro atoms. The summed E-state index contributed by atoms with van der Waals surface area (Å²) in [6.07, 6.45) is 0. The van der Waals surface area contributed by atoms with E-state index in [2.05, 4.69) is 178 Å². The minimum atomic E-state index is -0.412. The molecule has 0 N–H and O–H groups in total. The molecule has 0 atom stereocenters. The first-order chi connectivity index (χ1) is 22.8. The molecule has 1 saturated heterocycles. The molecule has 0 aliphatic carbocycles. The van der Waals surface area contributed by atoms with Crippen LogP contribution in [0.2, 0.25) is 0 Å². The van der Waals surface area contributed by atoms with Crippen LogP contribution in [0.5, 0.6) is 0 Å². The van der Waals surface area contributed by atoms with Gasteiger partial charge in [-0.15, -0.1) is 11.3 Å². The van der Waals surface area contributed by atoms with E-state index in [1.807, 2.05) is 11.3 Å². The van der Waals surface area contributed by atoms with Crippen molar-refractivity contribution >= 4 is 61.2 Å². The van der Waals surface area contributed by atoms with Crippen molar-refractivity contribution in [3.05, 3.63) is 146 Å². The lowest BCUT2D eigenvalue weighted by Crippen LogP contribution is -2.41. The normalized spacial score (nSPS) is 15.4. The topological polar surface area (TPSA) is 21.7 Å². The number of anilines is 3. The van der Waals surface area contributed by atoms with Gasteiger partial charge in [0.1, 0.15) is 0 Å². The van der Waals surface area contributed by atoms with E-state index in [1.165, 1.54) is 36.9 Å². The molecule has 2 heterocycles. The fraction of sp³-hybridized carbons (Fsp3) is 0.143. The van der Waals surface area contributed by atoms with E-state index in [-0.39, 0.29) is 0 Å². The van der Waals surface area contributed by atoms with Gasteiger partial charge < -0.3 is 14.2 Å². The Bertz CT molecular complexity index is 2190. The van der Waals surface area contributed by atoms with Crippen molar-refractivity contribution in [1.29, 1.82) is 0 Å². The molecule has 1 aliphatic rings. The predicted molar refractivity (Wildman–Crippen MR) is 201 cm³/mol. The number of rotatable bonds is 6. The Morgan fingerprint density at radius 2 is 1.15 bits per heavy atom. The van der Waals surface area contributed by atoms with Crippen LogP contribution in [0.1, 0.15) is 27.7 Å². The van der Waals surface area contributed by atoms with Crippen molar-refractivity contribution in [2.75, 3.05) is 4.90 Å². The summed E-state index contributed by atoms with van der Waals surface area (Å²) in [5.74, 6) is 0. The Hall–Kier alpha value is -4.68. The molecule has 7 aromatic rings. The molecule has 0 radical (unpaired) electrons.